The molecule has 17 heteroatoms. The van der Waals surface area contributed by atoms with Crippen molar-refractivity contribution in [1.82, 2.24) is 0 Å². The van der Waals surface area contributed by atoms with Crippen LogP contribution >= 0.6 is 0 Å². The Morgan fingerprint density at radius 3 is 1.56 bits per heavy atom. The lowest BCUT2D eigenvalue weighted by Crippen LogP contribution is -2.61. The summed E-state index contributed by atoms with van der Waals surface area (Å²) in [7, 11) is 0. The number of rotatable bonds is 31. The van der Waals surface area contributed by atoms with E-state index < -0.39 is 116 Å². The first-order chi connectivity index (χ1) is 36.1. The van der Waals surface area contributed by atoms with Gasteiger partial charge in [0, 0.05) is 49.2 Å². The van der Waals surface area contributed by atoms with Crippen LogP contribution in [0.2, 0.25) is 0 Å². The molecular formula is C60H149NO16. The minimum Gasteiger partial charge on any atom is -0.481 e. The minimum atomic E-state index is -2.28. The number of aliphatic hydroxyl groups excluding tert-OH is 9. The number of unbranched alkanes of at least 4 members (excludes halogenated alkanes) is 7. The zero-order valence-corrected chi connectivity index (χ0v) is 51.7. The van der Waals surface area contributed by atoms with Crippen LogP contribution in [-0.4, -0.2) is 159 Å². The normalized spacial score (nSPS) is 26.8. The quantitative estimate of drug-likeness (QED) is 0.0287. The van der Waals surface area contributed by atoms with Gasteiger partial charge in [0.2, 0.25) is 0 Å². The van der Waals surface area contributed by atoms with Crippen molar-refractivity contribution in [3.05, 3.63) is 0 Å². The average molecular weight is 1140 g/mol. The summed E-state index contributed by atoms with van der Waals surface area (Å²) in [4.78, 5) is 24.7. The highest BCUT2D eigenvalue weighted by Gasteiger charge is 2.51. The lowest BCUT2D eigenvalue weighted by atomic mass is 9.81. The summed E-state index contributed by atoms with van der Waals surface area (Å²) in [5, 5.41) is 116. The minimum absolute atomic E-state index is 0. The summed E-state index contributed by atoms with van der Waals surface area (Å²) in [6.45, 7) is 32.9. The van der Waals surface area contributed by atoms with Crippen molar-refractivity contribution in [1.29, 1.82) is 0 Å². The molecule has 13 N–H and O–H groups in total. The summed E-state index contributed by atoms with van der Waals surface area (Å²) in [5.74, 6) is -5.52. The predicted octanol–water partition coefficient (Wildman–Crippen LogP) is 12.1. The third kappa shape index (κ3) is 38.1. The van der Waals surface area contributed by atoms with Gasteiger partial charge in [-0.3, -0.25) is 9.59 Å². The Bertz CT molecular complexity index is 1380. The van der Waals surface area contributed by atoms with Gasteiger partial charge in [0.15, 0.2) is 12.1 Å². The predicted molar refractivity (Wildman–Crippen MR) is 334 cm³/mol. The van der Waals surface area contributed by atoms with Crippen molar-refractivity contribution < 1.29 is 97.1 Å². The number of Topliss-reactive ketones (excluding diaryl/α,β-unsaturated/α-hetero) is 1. The second-order valence-corrected chi connectivity index (χ2v) is 22.1. The van der Waals surface area contributed by atoms with Crippen LogP contribution in [0.25, 0.3) is 0 Å². The van der Waals surface area contributed by atoms with E-state index in [-0.39, 0.29) is 92.0 Å². The zero-order valence-electron chi connectivity index (χ0n) is 51.7. The Balaban J connectivity index is -0.0000000964. The molecule has 2 saturated heterocycles. The van der Waals surface area contributed by atoms with Gasteiger partial charge < -0.3 is 76.1 Å². The summed E-state index contributed by atoms with van der Waals surface area (Å²) in [6, 6.07) is -1.07. The number of hydrogen-bond acceptors (Lipinski definition) is 16. The van der Waals surface area contributed by atoms with Crippen LogP contribution in [0.3, 0.4) is 0 Å². The van der Waals surface area contributed by atoms with Gasteiger partial charge in [-0.05, 0) is 56.8 Å². The van der Waals surface area contributed by atoms with Gasteiger partial charge in [0.05, 0.1) is 73.2 Å². The third-order valence-electron chi connectivity index (χ3n) is 14.7. The van der Waals surface area contributed by atoms with E-state index >= 15 is 0 Å². The van der Waals surface area contributed by atoms with E-state index in [1.165, 1.54) is 77.0 Å². The van der Waals surface area contributed by atoms with E-state index in [1.807, 2.05) is 27.7 Å². The lowest BCUT2D eigenvalue weighted by Gasteiger charge is -2.45. The molecule has 2 aliphatic rings. The van der Waals surface area contributed by atoms with Crippen LogP contribution in [0.4, 0.5) is 0 Å². The Morgan fingerprint density at radius 2 is 1.13 bits per heavy atom. The van der Waals surface area contributed by atoms with Crippen LogP contribution in [0, 0.1) is 23.7 Å². The number of carboxylic acids is 1. The fourth-order valence-corrected chi connectivity index (χ4v) is 8.13. The number of hydrogen-bond donors (Lipinski definition) is 12. The number of aliphatic carboxylic acids is 1. The number of aliphatic hydroxyl groups is 10. The molecule has 490 valence electrons. The number of carbonyl (C=O) groups is 2. The molecule has 19 atom stereocenters. The average Bonchev–Trinajstić information content (AvgIpc) is 3.39. The van der Waals surface area contributed by atoms with Gasteiger partial charge in [-0.25, -0.2) is 0 Å². The van der Waals surface area contributed by atoms with Crippen molar-refractivity contribution in [3.8, 4) is 0 Å². The second-order valence-electron chi connectivity index (χ2n) is 22.1. The summed E-state index contributed by atoms with van der Waals surface area (Å²) in [5.41, 5.74) is 5.89. The van der Waals surface area contributed by atoms with Crippen LogP contribution in [0.15, 0.2) is 0 Å². The van der Waals surface area contributed by atoms with Gasteiger partial charge >= 0.3 is 5.97 Å². The highest BCUT2D eigenvalue weighted by molar-refractivity contribution is 5.79. The monoisotopic (exact) mass is 1140 g/mol. The molecule has 0 radical (unpaired) electrons. The molecule has 0 unspecified atom stereocenters. The topological polar surface area (TPSA) is 310 Å². The first-order valence-electron chi connectivity index (χ1n) is 30.4. The molecule has 0 saturated carbocycles. The van der Waals surface area contributed by atoms with Crippen molar-refractivity contribution in [2.45, 2.75) is 350 Å². The van der Waals surface area contributed by atoms with E-state index in [0.717, 1.165) is 6.42 Å². The van der Waals surface area contributed by atoms with Gasteiger partial charge in [-0.1, -0.05) is 187 Å². The van der Waals surface area contributed by atoms with Crippen LogP contribution in [-0.2, 0) is 23.8 Å². The number of ether oxygens (including phenoxy) is 3. The van der Waals surface area contributed by atoms with Crippen LogP contribution < -0.4 is 5.73 Å². The van der Waals surface area contributed by atoms with Gasteiger partial charge in [-0.15, -0.1) is 0 Å². The zero-order chi connectivity index (χ0) is 60.4. The van der Waals surface area contributed by atoms with E-state index in [1.54, 1.807) is 13.8 Å². The van der Waals surface area contributed by atoms with E-state index in [4.69, 9.17) is 19.9 Å². The van der Waals surface area contributed by atoms with Crippen LogP contribution in [0.5, 0.6) is 0 Å². The Hall–Kier alpha value is -1.42. The largest absolute Gasteiger partial charge is 0.481 e. The second kappa shape index (κ2) is 49.2. The smallest absolute Gasteiger partial charge is 0.311 e. The molecule has 2 aliphatic heterocycles. The van der Waals surface area contributed by atoms with Gasteiger partial charge in [0.1, 0.15) is 17.8 Å². The van der Waals surface area contributed by atoms with Crippen molar-refractivity contribution in [2.24, 2.45) is 29.4 Å². The molecule has 17 nitrogen and oxygen atoms in total. The lowest BCUT2D eigenvalue weighted by molar-refractivity contribution is -0.312. The van der Waals surface area contributed by atoms with Crippen LogP contribution in [0.1, 0.15) is 276 Å². The fraction of sp³-hybridized carbons (Fsp3) is 0.967. The van der Waals surface area contributed by atoms with E-state index in [0.29, 0.717) is 0 Å². The summed E-state index contributed by atoms with van der Waals surface area (Å²) >= 11 is 0. The molecular weight excluding hydrogens is 991 g/mol. The standard InChI is InChI=1S/C38H71NO16.C6H14.4C4H10.12H2/c1-7-18(3)33(47)20(5)19(4)11-23(41)13-25(43)14-24(42)12-22(40)9-10-27(44)28(45)16-38(52)17-29(46)31(36(50)51)30(55-38)15-26(8-2)54-37-35(49)32(39)34(48)21(6)53-37;1-3-5-6-4-2;4*1-3-4-2;;;;;;;;;;;;/h18-22,24-35,37,40,42-49,52H,7-17,39H2,1-6H3,(H,50,51);3-6H2,1-2H3;4*3-4H2,1-2H3;12*1H/t18-,19+,20+,21+,22+,24+,25-,26-,27+,28+,29-,30+,31+,32-,33-,34+,35-,37-,38+;;;;;;;;;;;;;;;;;/m0................./s1. The van der Waals surface area contributed by atoms with Crippen molar-refractivity contribution >= 4 is 11.8 Å². The molecule has 2 rings (SSSR count). The highest BCUT2D eigenvalue weighted by atomic mass is 16.7. The summed E-state index contributed by atoms with van der Waals surface area (Å²) < 4.78 is 17.2. The molecule has 0 aromatic heterocycles. The molecule has 0 aromatic carbocycles. The number of carboxylic acid groups (broad SMARTS) is 1. The fourth-order valence-electron chi connectivity index (χ4n) is 8.13. The number of carbonyl (C=O) groups excluding carboxylic acids is 1. The molecule has 0 spiro atoms. The molecule has 0 aromatic rings. The molecule has 0 aliphatic carbocycles. The highest BCUT2D eigenvalue weighted by Crippen LogP contribution is 2.38. The Kier molecular flexibility index (Phi) is 52.4. The molecule has 0 amide bonds. The first-order valence-corrected chi connectivity index (χ1v) is 30.4. The van der Waals surface area contributed by atoms with Crippen molar-refractivity contribution in [3.63, 3.8) is 0 Å². The maximum atomic E-state index is 12.6. The molecule has 77 heavy (non-hydrogen) atoms. The molecule has 2 fully saturated rings. The Labute approximate surface area is 487 Å². The van der Waals surface area contributed by atoms with Gasteiger partial charge in [-0.2, -0.15) is 0 Å². The summed E-state index contributed by atoms with van der Waals surface area (Å²) in [6.07, 6.45) is -0.471. The maximum absolute atomic E-state index is 12.6. The molecule has 2 heterocycles. The first kappa shape index (κ1) is 82.0. The third-order valence-corrected chi connectivity index (χ3v) is 14.7. The van der Waals surface area contributed by atoms with E-state index in [2.05, 4.69) is 69.2 Å². The molecule has 0 bridgehead atoms. The number of ketones is 1. The van der Waals surface area contributed by atoms with Crippen molar-refractivity contribution in [2.75, 3.05) is 0 Å². The van der Waals surface area contributed by atoms with Gasteiger partial charge in [0.25, 0.3) is 0 Å². The van der Waals surface area contributed by atoms with E-state index in [9.17, 15) is 65.8 Å². The SMILES string of the molecule is CCCC.CCCC.CCCC.CCCC.CCCCCC.CC[C@@H](C[C@H]1O[C@](O)(C[C@@H](O)[C@H](O)CC[C@@H](O)C[C@@H](O)C[C@@H](O)CC(=O)C[C@@H](C)[C@@H](C)[C@@H](O)[C@@H](C)CC)C[C@H](O)[C@H]1C(=O)O)O[C@@H]1O[C@H](C)[C@@H](O)[C@H](N)[C@@H]1O.[HH].[HH].[HH].[HH].[HH].[HH].[HH].[HH].[HH].[HH].[HH].[HH]. The maximum Gasteiger partial charge on any atom is 0.311 e. The number of nitrogens with two attached hydrogens (primary N) is 1. The Morgan fingerprint density at radius 1 is 0.649 bits per heavy atom.